The lowest BCUT2D eigenvalue weighted by Gasteiger charge is -2.26. The number of aromatic nitrogens is 2. The number of nitrogens with zero attached hydrogens (tertiary/aromatic N) is 3. The summed E-state index contributed by atoms with van der Waals surface area (Å²) in [5.74, 6) is 0.572. The highest BCUT2D eigenvalue weighted by Gasteiger charge is 2.26. The standard InChI is InChI=1S/C23H28N6O2/c1-17(21(30)27-23(31)24-16-18-8-3-2-4-9-18)28-12-7-13-29(15-14-28)22-25-19-10-5-6-11-20(19)26-22/h2-6,8-11,17H,7,12-16H2,1H3,(H,25,26)(H2,24,27,30,31). The van der Waals surface area contributed by atoms with Crippen molar-refractivity contribution in [2.24, 2.45) is 0 Å². The Hall–Kier alpha value is -3.39. The zero-order valence-electron chi connectivity index (χ0n) is 17.7. The summed E-state index contributed by atoms with van der Waals surface area (Å²) in [6, 6.07) is 16.7. The second kappa shape index (κ2) is 9.61. The van der Waals surface area contributed by atoms with Gasteiger partial charge in [0.1, 0.15) is 0 Å². The molecule has 0 aliphatic carbocycles. The van der Waals surface area contributed by atoms with E-state index in [2.05, 4.69) is 30.4 Å². The SMILES string of the molecule is CC(C(=O)NC(=O)NCc1ccccc1)N1CCCN(c2nc3ccccc3[nH]2)CC1. The molecule has 1 saturated heterocycles. The molecular formula is C23H28N6O2. The smallest absolute Gasteiger partial charge is 0.321 e. The zero-order chi connectivity index (χ0) is 21.6. The zero-order valence-corrected chi connectivity index (χ0v) is 17.7. The second-order valence-electron chi connectivity index (χ2n) is 7.79. The molecule has 4 rings (SSSR count). The first kappa shape index (κ1) is 20.9. The van der Waals surface area contributed by atoms with Crippen molar-refractivity contribution in [1.29, 1.82) is 0 Å². The molecule has 31 heavy (non-hydrogen) atoms. The van der Waals surface area contributed by atoms with Crippen molar-refractivity contribution in [1.82, 2.24) is 25.5 Å². The number of benzene rings is 2. The largest absolute Gasteiger partial charge is 0.341 e. The maximum atomic E-state index is 12.6. The number of rotatable bonds is 5. The number of carbonyl (C=O) groups excluding carboxylic acids is 2. The van der Waals surface area contributed by atoms with E-state index in [0.717, 1.165) is 55.1 Å². The molecule has 2 aromatic carbocycles. The van der Waals surface area contributed by atoms with Gasteiger partial charge in [-0.15, -0.1) is 0 Å². The van der Waals surface area contributed by atoms with Crippen LogP contribution in [-0.4, -0.2) is 59.0 Å². The minimum atomic E-state index is -0.473. The van der Waals surface area contributed by atoms with Crippen LogP contribution in [0.5, 0.6) is 0 Å². The monoisotopic (exact) mass is 420 g/mol. The highest BCUT2D eigenvalue weighted by Crippen LogP contribution is 2.19. The fraction of sp³-hybridized carbons (Fsp3) is 0.348. The molecule has 3 amide bonds. The van der Waals surface area contributed by atoms with Gasteiger partial charge in [0.2, 0.25) is 11.9 Å². The van der Waals surface area contributed by atoms with Crippen LogP contribution in [0, 0.1) is 0 Å². The third kappa shape index (κ3) is 5.21. The van der Waals surface area contributed by atoms with Crippen LogP contribution in [0.1, 0.15) is 18.9 Å². The van der Waals surface area contributed by atoms with Crippen molar-refractivity contribution in [2.75, 3.05) is 31.1 Å². The Bertz CT molecular complexity index is 1000. The maximum absolute atomic E-state index is 12.6. The van der Waals surface area contributed by atoms with Gasteiger partial charge in [-0.1, -0.05) is 42.5 Å². The molecular weight excluding hydrogens is 392 g/mol. The molecule has 0 bridgehead atoms. The first-order valence-corrected chi connectivity index (χ1v) is 10.7. The predicted octanol–water partition coefficient (Wildman–Crippen LogP) is 2.49. The molecule has 8 heteroatoms. The second-order valence-corrected chi connectivity index (χ2v) is 7.79. The van der Waals surface area contributed by atoms with Gasteiger partial charge in [-0.2, -0.15) is 0 Å². The van der Waals surface area contributed by atoms with E-state index in [9.17, 15) is 9.59 Å². The molecule has 1 atom stereocenters. The van der Waals surface area contributed by atoms with Crippen LogP contribution in [0.4, 0.5) is 10.7 Å². The van der Waals surface area contributed by atoms with Crippen molar-refractivity contribution in [2.45, 2.75) is 25.9 Å². The van der Waals surface area contributed by atoms with E-state index in [0.29, 0.717) is 6.54 Å². The number of carbonyl (C=O) groups is 2. The number of urea groups is 1. The average Bonchev–Trinajstić information content (AvgIpc) is 3.07. The number of nitrogens with one attached hydrogen (secondary N) is 3. The Labute approximate surface area is 181 Å². The minimum Gasteiger partial charge on any atom is -0.341 e. The van der Waals surface area contributed by atoms with Gasteiger partial charge in [0.25, 0.3) is 0 Å². The van der Waals surface area contributed by atoms with E-state index in [4.69, 9.17) is 0 Å². The van der Waals surface area contributed by atoms with Crippen molar-refractivity contribution in [3.05, 3.63) is 60.2 Å². The first-order chi connectivity index (χ1) is 15.1. The summed E-state index contributed by atoms with van der Waals surface area (Å²) in [5.41, 5.74) is 2.96. The Kier molecular flexibility index (Phi) is 6.47. The normalized spacial score (nSPS) is 16.0. The van der Waals surface area contributed by atoms with E-state index >= 15 is 0 Å². The Morgan fingerprint density at radius 3 is 2.61 bits per heavy atom. The summed E-state index contributed by atoms with van der Waals surface area (Å²) in [4.78, 5) is 37.1. The van der Waals surface area contributed by atoms with Crippen molar-refractivity contribution in [3.8, 4) is 0 Å². The van der Waals surface area contributed by atoms with E-state index in [1.165, 1.54) is 0 Å². The van der Waals surface area contributed by atoms with Gasteiger partial charge in [0.15, 0.2) is 0 Å². The molecule has 2 heterocycles. The van der Waals surface area contributed by atoms with Crippen LogP contribution in [0.3, 0.4) is 0 Å². The highest BCUT2D eigenvalue weighted by atomic mass is 16.2. The summed E-state index contributed by atoms with van der Waals surface area (Å²) in [6.45, 7) is 5.36. The lowest BCUT2D eigenvalue weighted by Crippen LogP contribution is -2.50. The molecule has 0 saturated carbocycles. The van der Waals surface area contributed by atoms with Crippen molar-refractivity contribution < 1.29 is 9.59 Å². The summed E-state index contributed by atoms with van der Waals surface area (Å²) < 4.78 is 0. The average molecular weight is 421 g/mol. The van der Waals surface area contributed by atoms with Crippen LogP contribution in [-0.2, 0) is 11.3 Å². The van der Waals surface area contributed by atoms with E-state index in [1.54, 1.807) is 0 Å². The minimum absolute atomic E-state index is 0.289. The van der Waals surface area contributed by atoms with Gasteiger partial charge in [-0.25, -0.2) is 9.78 Å². The predicted molar refractivity (Wildman–Crippen MR) is 121 cm³/mol. The third-order valence-electron chi connectivity index (χ3n) is 5.67. The molecule has 162 valence electrons. The third-order valence-corrected chi connectivity index (χ3v) is 5.67. The van der Waals surface area contributed by atoms with Gasteiger partial charge >= 0.3 is 6.03 Å². The van der Waals surface area contributed by atoms with Gasteiger partial charge in [-0.05, 0) is 31.0 Å². The number of para-hydroxylation sites is 2. The van der Waals surface area contributed by atoms with Crippen molar-refractivity contribution in [3.63, 3.8) is 0 Å². The molecule has 3 N–H and O–H groups in total. The maximum Gasteiger partial charge on any atom is 0.321 e. The van der Waals surface area contributed by atoms with Crippen LogP contribution in [0.25, 0.3) is 11.0 Å². The lowest BCUT2D eigenvalue weighted by molar-refractivity contribution is -0.124. The van der Waals surface area contributed by atoms with Crippen LogP contribution < -0.4 is 15.5 Å². The number of fused-ring (bicyclic) bond motifs is 1. The first-order valence-electron chi connectivity index (χ1n) is 10.7. The number of imide groups is 1. The Balaban J connectivity index is 1.28. The number of hydrogen-bond donors (Lipinski definition) is 3. The van der Waals surface area contributed by atoms with Crippen molar-refractivity contribution >= 4 is 28.9 Å². The number of anilines is 1. The summed E-state index contributed by atoms with van der Waals surface area (Å²) in [7, 11) is 0. The number of H-pyrrole nitrogens is 1. The fourth-order valence-corrected chi connectivity index (χ4v) is 3.83. The number of amides is 3. The van der Waals surface area contributed by atoms with Gasteiger partial charge in [0.05, 0.1) is 17.1 Å². The van der Waals surface area contributed by atoms with Gasteiger partial charge in [-0.3, -0.25) is 15.0 Å². The molecule has 0 radical (unpaired) electrons. The molecule has 8 nitrogen and oxygen atoms in total. The molecule has 1 aromatic heterocycles. The fourth-order valence-electron chi connectivity index (χ4n) is 3.83. The lowest BCUT2D eigenvalue weighted by atomic mass is 10.2. The Morgan fingerprint density at radius 2 is 1.81 bits per heavy atom. The quantitative estimate of drug-likeness (QED) is 0.590. The number of hydrogen-bond acceptors (Lipinski definition) is 5. The summed E-state index contributed by atoms with van der Waals surface area (Å²) in [6.07, 6.45) is 0.912. The topological polar surface area (TPSA) is 93.4 Å². The summed E-state index contributed by atoms with van der Waals surface area (Å²) >= 11 is 0. The van der Waals surface area contributed by atoms with E-state index < -0.39 is 12.1 Å². The molecule has 1 aliphatic heterocycles. The van der Waals surface area contributed by atoms with Crippen LogP contribution in [0.15, 0.2) is 54.6 Å². The van der Waals surface area contributed by atoms with Crippen LogP contribution in [0.2, 0.25) is 0 Å². The highest BCUT2D eigenvalue weighted by molar-refractivity contribution is 5.96. The van der Waals surface area contributed by atoms with Gasteiger partial charge in [0, 0.05) is 32.7 Å². The molecule has 0 spiro atoms. The Morgan fingerprint density at radius 1 is 1.03 bits per heavy atom. The van der Waals surface area contributed by atoms with Crippen LogP contribution >= 0.6 is 0 Å². The molecule has 1 aliphatic rings. The van der Waals surface area contributed by atoms with E-state index in [-0.39, 0.29) is 5.91 Å². The number of imidazole rings is 1. The number of aromatic amines is 1. The van der Waals surface area contributed by atoms with E-state index in [1.807, 2.05) is 61.5 Å². The molecule has 3 aromatic rings. The summed E-state index contributed by atoms with van der Waals surface area (Å²) in [5, 5.41) is 5.20. The molecule has 1 fully saturated rings. The molecule has 1 unspecified atom stereocenters. The van der Waals surface area contributed by atoms with Gasteiger partial charge < -0.3 is 15.2 Å².